The van der Waals surface area contributed by atoms with Gasteiger partial charge in [-0.25, -0.2) is 9.97 Å². The lowest BCUT2D eigenvalue weighted by molar-refractivity contribution is 0.103. The summed E-state index contributed by atoms with van der Waals surface area (Å²) in [6.45, 7) is 4.21. The molecule has 0 fully saturated rings. The van der Waals surface area contributed by atoms with Crippen LogP contribution in [0.5, 0.6) is 17.5 Å². The van der Waals surface area contributed by atoms with Crippen LogP contribution in [0.15, 0.2) is 97.6 Å². The molecule has 8 nitrogen and oxygen atoms in total. The Labute approximate surface area is 197 Å². The number of nitrogens with zero attached hydrogens (tertiary/aromatic N) is 3. The van der Waals surface area contributed by atoms with E-state index in [1.165, 1.54) is 12.4 Å². The maximum atomic E-state index is 12.7. The first-order valence-electron chi connectivity index (χ1n) is 10.6. The summed E-state index contributed by atoms with van der Waals surface area (Å²) in [6, 6.07) is 19.5. The van der Waals surface area contributed by atoms with Crippen LogP contribution in [0.25, 0.3) is 0 Å². The average Bonchev–Trinajstić information content (AvgIpc) is 2.87. The molecular weight excluding hydrogens is 430 g/mol. The summed E-state index contributed by atoms with van der Waals surface area (Å²) in [5.41, 5.74) is 8.65. The largest absolute Gasteiger partial charge is 0.473 e. The molecule has 0 bridgehead atoms. The van der Waals surface area contributed by atoms with Crippen molar-refractivity contribution in [3.8, 4) is 17.5 Å². The lowest BCUT2D eigenvalue weighted by Gasteiger charge is -2.12. The van der Waals surface area contributed by atoms with E-state index in [1.54, 1.807) is 42.6 Å². The molecule has 2 aromatic carbocycles. The van der Waals surface area contributed by atoms with Gasteiger partial charge in [0.2, 0.25) is 5.78 Å². The molecule has 0 aliphatic heterocycles. The van der Waals surface area contributed by atoms with Crippen LogP contribution in [-0.4, -0.2) is 27.3 Å². The summed E-state index contributed by atoms with van der Waals surface area (Å²) in [7, 11) is 0. The van der Waals surface area contributed by atoms with E-state index in [-0.39, 0.29) is 23.2 Å². The number of carbonyl (C=O) groups excluding carboxylic acids is 1. The SMILES string of the molecule is C=C(Nc1ccccc1N)C(=O)c1ccc(Oc2nccnc2OCCc2ccccn2)cc1. The van der Waals surface area contributed by atoms with Gasteiger partial charge in [0, 0.05) is 36.3 Å². The smallest absolute Gasteiger partial charge is 0.283 e. The van der Waals surface area contributed by atoms with Gasteiger partial charge in [-0.1, -0.05) is 24.8 Å². The second kappa shape index (κ2) is 10.7. The first kappa shape index (κ1) is 22.5. The van der Waals surface area contributed by atoms with Gasteiger partial charge >= 0.3 is 0 Å². The van der Waals surface area contributed by atoms with E-state index in [1.807, 2.05) is 30.3 Å². The number of Topliss-reactive ketones (excluding diaryl/α,β-unsaturated/α-hetero) is 1. The van der Waals surface area contributed by atoms with Gasteiger partial charge in [0.05, 0.1) is 23.7 Å². The number of nitrogens with one attached hydrogen (secondary N) is 1. The second-order valence-corrected chi connectivity index (χ2v) is 7.23. The lowest BCUT2D eigenvalue weighted by atomic mass is 10.1. The molecule has 0 aliphatic carbocycles. The number of carbonyl (C=O) groups is 1. The van der Waals surface area contributed by atoms with E-state index in [0.29, 0.717) is 35.7 Å². The third kappa shape index (κ3) is 5.74. The first-order chi connectivity index (χ1) is 16.6. The van der Waals surface area contributed by atoms with E-state index < -0.39 is 0 Å². The Morgan fingerprint density at radius 3 is 2.35 bits per heavy atom. The Balaban J connectivity index is 1.37. The minimum Gasteiger partial charge on any atom is -0.473 e. The number of hydrogen-bond acceptors (Lipinski definition) is 8. The molecule has 0 atom stereocenters. The monoisotopic (exact) mass is 453 g/mol. The molecule has 0 radical (unpaired) electrons. The molecular formula is C26H23N5O3. The highest BCUT2D eigenvalue weighted by Crippen LogP contribution is 2.27. The highest BCUT2D eigenvalue weighted by Gasteiger charge is 2.13. The summed E-state index contributed by atoms with van der Waals surface area (Å²) in [4.78, 5) is 25.4. The van der Waals surface area contributed by atoms with Crippen molar-refractivity contribution in [2.24, 2.45) is 0 Å². The van der Waals surface area contributed by atoms with Crippen molar-refractivity contribution in [3.63, 3.8) is 0 Å². The summed E-state index contributed by atoms with van der Waals surface area (Å²) in [5, 5.41) is 2.96. The number of ketones is 1. The molecule has 0 spiro atoms. The number of para-hydroxylation sites is 2. The Hall–Kier alpha value is -4.72. The summed E-state index contributed by atoms with van der Waals surface area (Å²) >= 11 is 0. The second-order valence-electron chi connectivity index (χ2n) is 7.23. The summed E-state index contributed by atoms with van der Waals surface area (Å²) in [6.07, 6.45) is 5.41. The van der Waals surface area contributed by atoms with Crippen LogP contribution in [-0.2, 0) is 6.42 Å². The normalized spacial score (nSPS) is 10.4. The molecule has 3 N–H and O–H groups in total. The predicted octanol–water partition coefficient (Wildman–Crippen LogP) is 4.68. The fourth-order valence-corrected chi connectivity index (χ4v) is 3.07. The Morgan fingerprint density at radius 2 is 1.62 bits per heavy atom. The molecule has 4 aromatic rings. The van der Waals surface area contributed by atoms with Crippen molar-refractivity contribution >= 4 is 17.2 Å². The molecule has 2 aromatic heterocycles. The minimum absolute atomic E-state index is 0.212. The Kier molecular flexibility index (Phi) is 7.09. The van der Waals surface area contributed by atoms with Crippen LogP contribution >= 0.6 is 0 Å². The third-order valence-electron chi connectivity index (χ3n) is 4.81. The highest BCUT2D eigenvalue weighted by atomic mass is 16.5. The van der Waals surface area contributed by atoms with Gasteiger partial charge in [-0.2, -0.15) is 0 Å². The van der Waals surface area contributed by atoms with Gasteiger partial charge in [-0.15, -0.1) is 0 Å². The zero-order chi connectivity index (χ0) is 23.8. The summed E-state index contributed by atoms with van der Waals surface area (Å²) in [5.74, 6) is 0.732. The molecule has 2 heterocycles. The number of nitrogen functional groups attached to an aromatic ring is 1. The number of hydrogen-bond donors (Lipinski definition) is 2. The van der Waals surface area contributed by atoms with Crippen molar-refractivity contribution in [2.45, 2.75) is 6.42 Å². The Morgan fingerprint density at radius 1 is 0.882 bits per heavy atom. The maximum absolute atomic E-state index is 12.7. The van der Waals surface area contributed by atoms with E-state index in [0.717, 1.165) is 5.69 Å². The standard InChI is InChI=1S/C26H23N5O3/c1-18(31-23-8-3-2-7-22(23)27)24(32)19-9-11-21(12-10-19)34-26-25(29-15-16-30-26)33-17-13-20-6-4-5-14-28-20/h2-12,14-16,31H,1,13,17,27H2. The molecule has 0 unspecified atom stereocenters. The van der Waals surface area contributed by atoms with Gasteiger partial charge < -0.3 is 20.5 Å². The maximum Gasteiger partial charge on any atom is 0.283 e. The topological polar surface area (TPSA) is 112 Å². The van der Waals surface area contributed by atoms with Gasteiger partial charge in [0.15, 0.2) is 0 Å². The lowest BCUT2D eigenvalue weighted by Crippen LogP contribution is -2.11. The van der Waals surface area contributed by atoms with Gasteiger partial charge in [-0.05, 0) is 48.5 Å². The molecule has 0 saturated carbocycles. The zero-order valence-corrected chi connectivity index (χ0v) is 18.3. The number of pyridine rings is 1. The fraction of sp³-hybridized carbons (Fsp3) is 0.0769. The molecule has 170 valence electrons. The van der Waals surface area contributed by atoms with Crippen LogP contribution in [0.1, 0.15) is 16.1 Å². The number of rotatable bonds is 10. The molecule has 0 saturated heterocycles. The van der Waals surface area contributed by atoms with E-state index in [2.05, 4.69) is 26.8 Å². The summed E-state index contributed by atoms with van der Waals surface area (Å²) < 4.78 is 11.6. The molecule has 0 aliphatic rings. The van der Waals surface area contributed by atoms with Gasteiger partial charge in [0.25, 0.3) is 11.8 Å². The Bertz CT molecular complexity index is 1280. The quantitative estimate of drug-likeness (QED) is 0.202. The van der Waals surface area contributed by atoms with Crippen LogP contribution < -0.4 is 20.5 Å². The number of nitrogens with two attached hydrogens (primary N) is 1. The van der Waals surface area contributed by atoms with E-state index in [4.69, 9.17) is 15.2 Å². The minimum atomic E-state index is -0.257. The third-order valence-corrected chi connectivity index (χ3v) is 4.81. The molecule has 8 heteroatoms. The first-order valence-corrected chi connectivity index (χ1v) is 10.6. The van der Waals surface area contributed by atoms with Crippen LogP contribution in [0.4, 0.5) is 11.4 Å². The van der Waals surface area contributed by atoms with Crippen molar-refractivity contribution < 1.29 is 14.3 Å². The fourth-order valence-electron chi connectivity index (χ4n) is 3.07. The number of allylic oxidation sites excluding steroid dienone is 1. The van der Waals surface area contributed by atoms with Gasteiger partial charge in [0.1, 0.15) is 5.75 Å². The number of anilines is 2. The number of ether oxygens (including phenoxy) is 2. The van der Waals surface area contributed by atoms with Crippen molar-refractivity contribution in [2.75, 3.05) is 17.7 Å². The predicted molar refractivity (Wildman–Crippen MR) is 130 cm³/mol. The molecule has 0 amide bonds. The van der Waals surface area contributed by atoms with Crippen LogP contribution in [0, 0.1) is 0 Å². The number of benzene rings is 2. The van der Waals surface area contributed by atoms with Crippen molar-refractivity contribution in [1.82, 2.24) is 15.0 Å². The van der Waals surface area contributed by atoms with Crippen LogP contribution in [0.2, 0.25) is 0 Å². The molecule has 4 rings (SSSR count). The van der Waals surface area contributed by atoms with Crippen molar-refractivity contribution in [1.29, 1.82) is 0 Å². The van der Waals surface area contributed by atoms with Gasteiger partial charge in [-0.3, -0.25) is 9.78 Å². The van der Waals surface area contributed by atoms with Crippen LogP contribution in [0.3, 0.4) is 0 Å². The zero-order valence-electron chi connectivity index (χ0n) is 18.3. The average molecular weight is 454 g/mol. The van der Waals surface area contributed by atoms with Crippen molar-refractivity contribution in [3.05, 3.63) is 109 Å². The molecule has 34 heavy (non-hydrogen) atoms. The number of aromatic nitrogens is 3. The highest BCUT2D eigenvalue weighted by molar-refractivity contribution is 6.10. The van der Waals surface area contributed by atoms with E-state index in [9.17, 15) is 4.79 Å². The van der Waals surface area contributed by atoms with E-state index >= 15 is 0 Å².